The van der Waals surface area contributed by atoms with Gasteiger partial charge in [-0.25, -0.2) is 0 Å². The summed E-state index contributed by atoms with van der Waals surface area (Å²) in [7, 11) is 8.72. The second kappa shape index (κ2) is 14.3. The van der Waals surface area contributed by atoms with Crippen LogP contribution in [0.5, 0.6) is 0 Å². The van der Waals surface area contributed by atoms with E-state index in [0.717, 1.165) is 0 Å². The van der Waals surface area contributed by atoms with Crippen molar-refractivity contribution in [3.63, 3.8) is 0 Å². The molecule has 0 aliphatic heterocycles. The summed E-state index contributed by atoms with van der Waals surface area (Å²) in [6.45, 7) is 0. The number of halogens is 1. The number of hydrogen-bond acceptors (Lipinski definition) is 3. The van der Waals surface area contributed by atoms with Gasteiger partial charge in [0.2, 0.25) is 0 Å². The molecule has 0 unspecified atom stereocenters. The van der Waals surface area contributed by atoms with Crippen molar-refractivity contribution in [1.82, 2.24) is 0 Å². The van der Waals surface area contributed by atoms with Gasteiger partial charge in [-0.1, -0.05) is 4.53 Å². The molecular weight excluding hydrogens is 182 g/mol. The standard InChI is InChI=1S/2C3H9O.BFO3/c2*1-4(2)3;2-5-1(3)4/h2*1-3H3;/q2*+1;-2. The predicted octanol–water partition coefficient (Wildman–Crippen LogP) is -1.55. The molecule has 0 radical (unpaired) electrons. The van der Waals surface area contributed by atoms with Crippen LogP contribution < -0.4 is 10.0 Å². The van der Waals surface area contributed by atoms with Crippen LogP contribution >= 0.6 is 0 Å². The van der Waals surface area contributed by atoms with Gasteiger partial charge in [0.25, 0.3) is 0 Å². The molecule has 7 heteroatoms. The highest BCUT2D eigenvalue weighted by Crippen LogP contribution is 1.60. The summed E-state index contributed by atoms with van der Waals surface area (Å²) in [6.07, 6.45) is 0. The molecule has 0 rings (SSSR count). The van der Waals surface area contributed by atoms with Crippen molar-refractivity contribution in [3.05, 3.63) is 0 Å². The van der Waals surface area contributed by atoms with Gasteiger partial charge in [-0.05, 0) is 0 Å². The Labute approximate surface area is 79.1 Å². The van der Waals surface area contributed by atoms with Crippen molar-refractivity contribution in [2.45, 2.75) is 0 Å². The predicted molar refractivity (Wildman–Crippen MR) is 45.7 cm³/mol. The SMILES string of the molecule is C[O+](C)C.C[O+](C)C.[O-]B([O-])OF. The Kier molecular flexibility index (Phi) is 20.4. The molecule has 0 aromatic carbocycles. The van der Waals surface area contributed by atoms with Gasteiger partial charge in [0.1, 0.15) is 50.0 Å². The van der Waals surface area contributed by atoms with Gasteiger partial charge in [-0.15, -0.1) is 0 Å². The minimum Gasteiger partial charge on any atom is -0.868 e. The van der Waals surface area contributed by atoms with E-state index in [-0.39, 0.29) is 0 Å². The molecule has 0 aliphatic rings. The van der Waals surface area contributed by atoms with E-state index in [1.165, 1.54) is 0 Å². The largest absolute Gasteiger partial charge is 0.868 e. The summed E-state index contributed by atoms with van der Waals surface area (Å²) in [5.74, 6) is 0. The van der Waals surface area contributed by atoms with E-state index in [1.807, 2.05) is 42.7 Å². The average molecular weight is 200 g/mol. The summed E-state index contributed by atoms with van der Waals surface area (Å²) in [5.41, 5.74) is 0. The summed E-state index contributed by atoms with van der Waals surface area (Å²) in [6, 6.07) is 0. The summed E-state index contributed by atoms with van der Waals surface area (Å²) < 4.78 is 15.2. The van der Waals surface area contributed by atoms with Crippen LogP contribution in [0.1, 0.15) is 0 Å². The normalized spacial score (nSPS) is 8.54. The fourth-order valence-electron chi connectivity index (χ4n) is 0. The highest BCUT2D eigenvalue weighted by Gasteiger charge is 1.65. The fraction of sp³-hybridized carbons (Fsp3) is 1.00. The molecule has 13 heavy (non-hydrogen) atoms. The van der Waals surface area contributed by atoms with E-state index in [9.17, 15) is 4.53 Å². The molecule has 0 atom stereocenters. The zero-order chi connectivity index (χ0) is 11.4. The Hall–Kier alpha value is -0.205. The first-order valence-corrected chi connectivity index (χ1v) is 3.31. The van der Waals surface area contributed by atoms with Crippen LogP contribution in [0.2, 0.25) is 0 Å². The molecular formula is C6H18BFO5. The Bertz CT molecular complexity index is 69.9. The van der Waals surface area contributed by atoms with E-state index >= 15 is 0 Å². The lowest BCUT2D eigenvalue weighted by molar-refractivity contribution is -0.403. The smallest absolute Gasteiger partial charge is 0.135 e. The first kappa shape index (κ1) is 18.6. The topological polar surface area (TPSA) is 60.8 Å². The maximum atomic E-state index is 9.99. The first-order chi connectivity index (χ1) is 5.73. The fourth-order valence-corrected chi connectivity index (χ4v) is 0. The molecule has 0 amide bonds. The number of hydrogen-bond donors (Lipinski definition) is 0. The second-order valence-corrected chi connectivity index (χ2v) is 2.83. The molecule has 0 bridgehead atoms. The first-order valence-electron chi connectivity index (χ1n) is 3.31. The van der Waals surface area contributed by atoms with Gasteiger partial charge in [0, 0.05) is 0 Å². The molecule has 82 valence electrons. The van der Waals surface area contributed by atoms with Crippen LogP contribution in [0.15, 0.2) is 0 Å². The van der Waals surface area contributed by atoms with Crippen molar-refractivity contribution >= 4 is 7.32 Å². The molecule has 5 nitrogen and oxygen atoms in total. The van der Waals surface area contributed by atoms with Crippen molar-refractivity contribution < 1.29 is 28.2 Å². The van der Waals surface area contributed by atoms with Crippen molar-refractivity contribution in [3.8, 4) is 0 Å². The lowest BCUT2D eigenvalue weighted by Gasteiger charge is -2.16. The lowest BCUT2D eigenvalue weighted by Crippen LogP contribution is -2.45. The molecule has 0 heterocycles. The van der Waals surface area contributed by atoms with Crippen LogP contribution in [-0.4, -0.2) is 50.0 Å². The van der Waals surface area contributed by atoms with E-state index in [2.05, 4.69) is 13.6 Å². The minimum absolute atomic E-state index is 1.92. The molecule has 0 spiro atoms. The molecule has 0 saturated heterocycles. The third-order valence-electron chi connectivity index (χ3n) is 0.0727. The molecule has 0 aromatic rings. The van der Waals surface area contributed by atoms with Gasteiger partial charge < -0.3 is 23.6 Å². The Morgan fingerprint density at radius 1 is 0.923 bits per heavy atom. The third kappa shape index (κ3) is 351. The Balaban J connectivity index is -0.000000117. The maximum absolute atomic E-state index is 9.99. The molecule has 0 fully saturated rings. The lowest BCUT2D eigenvalue weighted by atomic mass is 10.3. The van der Waals surface area contributed by atoms with E-state index in [0.29, 0.717) is 0 Å². The molecule has 0 aliphatic carbocycles. The van der Waals surface area contributed by atoms with Crippen LogP contribution in [-0.2, 0) is 13.6 Å². The van der Waals surface area contributed by atoms with Gasteiger partial charge >= 0.3 is 0 Å². The van der Waals surface area contributed by atoms with Gasteiger partial charge in [0.15, 0.2) is 0 Å². The highest BCUT2D eigenvalue weighted by atomic mass is 19.3. The quantitative estimate of drug-likeness (QED) is 0.380. The van der Waals surface area contributed by atoms with E-state index < -0.39 is 7.32 Å². The van der Waals surface area contributed by atoms with Gasteiger partial charge in [-0.2, -0.15) is 0 Å². The molecule has 0 saturated carbocycles. The minimum atomic E-state index is -2.78. The zero-order valence-corrected chi connectivity index (χ0v) is 9.00. The van der Waals surface area contributed by atoms with Crippen LogP contribution in [0.4, 0.5) is 4.53 Å². The monoisotopic (exact) mass is 200 g/mol. The maximum Gasteiger partial charge on any atom is 0.135 e. The summed E-state index contributed by atoms with van der Waals surface area (Å²) >= 11 is 0. The van der Waals surface area contributed by atoms with E-state index in [1.54, 1.807) is 0 Å². The zero-order valence-electron chi connectivity index (χ0n) is 9.00. The van der Waals surface area contributed by atoms with Crippen LogP contribution in [0, 0.1) is 0 Å². The number of rotatable bonds is 1. The Morgan fingerprint density at radius 3 is 1.00 bits per heavy atom. The highest BCUT2D eigenvalue weighted by molar-refractivity contribution is 6.27. The van der Waals surface area contributed by atoms with Crippen molar-refractivity contribution in [2.24, 2.45) is 0 Å². The van der Waals surface area contributed by atoms with Crippen molar-refractivity contribution in [1.29, 1.82) is 0 Å². The van der Waals surface area contributed by atoms with Gasteiger partial charge in [-0.3, -0.25) is 0 Å². The third-order valence-corrected chi connectivity index (χ3v) is 0.0727. The van der Waals surface area contributed by atoms with Crippen molar-refractivity contribution in [2.75, 3.05) is 42.7 Å². The van der Waals surface area contributed by atoms with Gasteiger partial charge in [0.05, 0.1) is 0 Å². The van der Waals surface area contributed by atoms with E-state index in [4.69, 9.17) is 10.0 Å². The summed E-state index contributed by atoms with van der Waals surface area (Å²) in [5, 5.41) is 17.5. The van der Waals surface area contributed by atoms with Crippen LogP contribution in [0.3, 0.4) is 0 Å². The molecule has 0 aromatic heterocycles. The second-order valence-electron chi connectivity index (χ2n) is 2.83. The van der Waals surface area contributed by atoms with Crippen LogP contribution in [0.25, 0.3) is 0 Å². The summed E-state index contributed by atoms with van der Waals surface area (Å²) in [4.78, 5) is 2.14. The molecule has 0 N–H and O–H groups in total. The average Bonchev–Trinajstić information content (AvgIpc) is 1.84. The Morgan fingerprint density at radius 2 is 1.00 bits per heavy atom.